The van der Waals surface area contributed by atoms with Gasteiger partial charge in [0.25, 0.3) is 0 Å². The Bertz CT molecular complexity index is 158. The minimum absolute atomic E-state index is 0.0195. The van der Waals surface area contributed by atoms with Crippen LogP contribution in [0.15, 0.2) is 0 Å². The van der Waals surface area contributed by atoms with E-state index in [4.69, 9.17) is 14.9 Å². The zero-order valence-electron chi connectivity index (χ0n) is 10.3. The van der Waals surface area contributed by atoms with Crippen LogP contribution in [0.1, 0.15) is 20.8 Å². The molecule has 0 aromatic carbocycles. The Morgan fingerprint density at radius 1 is 1.27 bits per heavy atom. The molecule has 1 unspecified atom stereocenters. The Morgan fingerprint density at radius 2 is 1.80 bits per heavy atom. The normalized spacial score (nSPS) is 14.6. The van der Waals surface area contributed by atoms with Crippen LogP contribution in [0.2, 0.25) is 0 Å². The van der Waals surface area contributed by atoms with Gasteiger partial charge in [0, 0.05) is 25.1 Å². The van der Waals surface area contributed by atoms with Gasteiger partial charge in [-0.25, -0.2) is 0 Å². The monoisotopic (exact) mass is 219 g/mol. The van der Waals surface area contributed by atoms with Gasteiger partial charge in [0.2, 0.25) is 0 Å². The van der Waals surface area contributed by atoms with E-state index in [0.29, 0.717) is 19.1 Å². The number of methoxy groups -OCH3 is 1. The number of hydrogen-bond acceptors (Lipinski definition) is 4. The van der Waals surface area contributed by atoms with Gasteiger partial charge >= 0.3 is 0 Å². The summed E-state index contributed by atoms with van der Waals surface area (Å²) in [6, 6.07) is 0.257. The summed E-state index contributed by atoms with van der Waals surface area (Å²) < 4.78 is 5.11. The molecule has 0 aromatic rings. The molecule has 1 atom stereocenters. The van der Waals surface area contributed by atoms with Crippen molar-refractivity contribution in [2.24, 2.45) is 11.3 Å². The largest absolute Gasteiger partial charge is 0.396 e. The van der Waals surface area contributed by atoms with Gasteiger partial charge in [-0.2, -0.15) is 0 Å². The highest BCUT2D eigenvalue weighted by Crippen LogP contribution is 2.13. The molecule has 0 amide bonds. The number of aliphatic hydroxyl groups excluding tert-OH is 2. The summed E-state index contributed by atoms with van der Waals surface area (Å²) in [5.41, 5.74) is -0.457. The first kappa shape index (κ1) is 14.8. The lowest BCUT2D eigenvalue weighted by Gasteiger charge is -2.29. The zero-order chi connectivity index (χ0) is 11.9. The fourth-order valence-electron chi connectivity index (χ4n) is 1.21. The SMILES string of the molecule is COCC(NCC(C)(CO)CO)C(C)C. The van der Waals surface area contributed by atoms with Crippen molar-refractivity contribution < 1.29 is 14.9 Å². The van der Waals surface area contributed by atoms with E-state index in [0.717, 1.165) is 0 Å². The predicted octanol–water partition coefficient (Wildman–Crippen LogP) is 0.238. The van der Waals surface area contributed by atoms with Gasteiger partial charge in [-0.1, -0.05) is 20.8 Å². The van der Waals surface area contributed by atoms with Crippen LogP contribution in [0.4, 0.5) is 0 Å². The molecule has 4 heteroatoms. The van der Waals surface area contributed by atoms with E-state index in [1.807, 2.05) is 6.92 Å². The molecule has 0 aliphatic heterocycles. The maximum Gasteiger partial charge on any atom is 0.0618 e. The number of rotatable bonds is 8. The van der Waals surface area contributed by atoms with E-state index >= 15 is 0 Å². The van der Waals surface area contributed by atoms with E-state index in [9.17, 15) is 0 Å². The molecule has 0 heterocycles. The molecule has 0 spiro atoms. The summed E-state index contributed by atoms with van der Waals surface area (Å²) in [5.74, 6) is 0.464. The third-order valence-corrected chi connectivity index (χ3v) is 2.71. The maximum absolute atomic E-state index is 9.14. The topological polar surface area (TPSA) is 61.7 Å². The van der Waals surface area contributed by atoms with Crippen molar-refractivity contribution >= 4 is 0 Å². The number of ether oxygens (including phenoxy) is 1. The second kappa shape index (κ2) is 7.17. The van der Waals surface area contributed by atoms with Crippen LogP contribution in [0.3, 0.4) is 0 Å². The molecule has 0 aromatic heterocycles. The van der Waals surface area contributed by atoms with E-state index in [2.05, 4.69) is 19.2 Å². The lowest BCUT2D eigenvalue weighted by atomic mass is 9.92. The summed E-state index contributed by atoms with van der Waals surface area (Å²) in [6.07, 6.45) is 0. The number of aliphatic hydroxyl groups is 2. The first-order chi connectivity index (χ1) is 6.99. The highest BCUT2D eigenvalue weighted by atomic mass is 16.5. The van der Waals surface area contributed by atoms with Crippen molar-refractivity contribution in [3.05, 3.63) is 0 Å². The molecule has 0 aliphatic rings. The second-order valence-corrected chi connectivity index (χ2v) is 4.81. The summed E-state index contributed by atoms with van der Waals surface area (Å²) >= 11 is 0. The molecule has 0 rings (SSSR count). The molecule has 0 bridgehead atoms. The highest BCUT2D eigenvalue weighted by molar-refractivity contribution is 4.79. The van der Waals surface area contributed by atoms with Crippen LogP contribution >= 0.6 is 0 Å². The van der Waals surface area contributed by atoms with Crippen molar-refractivity contribution in [3.63, 3.8) is 0 Å². The van der Waals surface area contributed by atoms with Crippen LogP contribution in [0, 0.1) is 11.3 Å². The van der Waals surface area contributed by atoms with E-state index < -0.39 is 5.41 Å². The average Bonchev–Trinajstić information content (AvgIpc) is 2.23. The van der Waals surface area contributed by atoms with Crippen LogP contribution in [-0.2, 0) is 4.74 Å². The third kappa shape index (κ3) is 5.47. The predicted molar refractivity (Wildman–Crippen MR) is 60.8 cm³/mol. The van der Waals surface area contributed by atoms with Crippen molar-refractivity contribution in [1.82, 2.24) is 5.32 Å². The van der Waals surface area contributed by atoms with E-state index in [1.54, 1.807) is 7.11 Å². The Morgan fingerprint density at radius 3 is 2.13 bits per heavy atom. The van der Waals surface area contributed by atoms with Crippen LogP contribution < -0.4 is 5.32 Å². The van der Waals surface area contributed by atoms with Gasteiger partial charge in [-0.3, -0.25) is 0 Å². The molecule has 15 heavy (non-hydrogen) atoms. The molecular weight excluding hydrogens is 194 g/mol. The van der Waals surface area contributed by atoms with Gasteiger partial charge in [0.15, 0.2) is 0 Å². The molecule has 0 aliphatic carbocycles. The van der Waals surface area contributed by atoms with Crippen LogP contribution in [-0.4, -0.2) is 49.7 Å². The molecule has 92 valence electrons. The lowest BCUT2D eigenvalue weighted by Crippen LogP contribution is -2.46. The Balaban J connectivity index is 4.07. The Hall–Kier alpha value is -0.160. The van der Waals surface area contributed by atoms with Gasteiger partial charge in [-0.05, 0) is 5.92 Å². The van der Waals surface area contributed by atoms with Crippen LogP contribution in [0.25, 0.3) is 0 Å². The van der Waals surface area contributed by atoms with Crippen molar-refractivity contribution in [3.8, 4) is 0 Å². The first-order valence-electron chi connectivity index (χ1n) is 5.43. The third-order valence-electron chi connectivity index (χ3n) is 2.71. The van der Waals surface area contributed by atoms with Crippen LogP contribution in [0.5, 0.6) is 0 Å². The quantitative estimate of drug-likeness (QED) is 0.547. The lowest BCUT2D eigenvalue weighted by molar-refractivity contribution is 0.0592. The molecule has 0 saturated heterocycles. The molecule has 0 radical (unpaired) electrons. The van der Waals surface area contributed by atoms with Gasteiger partial charge < -0.3 is 20.3 Å². The summed E-state index contributed by atoms with van der Waals surface area (Å²) in [4.78, 5) is 0. The molecule has 3 N–H and O–H groups in total. The number of hydrogen-bond donors (Lipinski definition) is 3. The summed E-state index contributed by atoms with van der Waals surface area (Å²) in [6.45, 7) is 7.28. The summed E-state index contributed by atoms with van der Waals surface area (Å²) in [7, 11) is 1.67. The minimum Gasteiger partial charge on any atom is -0.396 e. The highest BCUT2D eigenvalue weighted by Gasteiger charge is 2.24. The zero-order valence-corrected chi connectivity index (χ0v) is 10.3. The van der Waals surface area contributed by atoms with Gasteiger partial charge in [0.05, 0.1) is 19.8 Å². The number of nitrogens with one attached hydrogen (secondary N) is 1. The van der Waals surface area contributed by atoms with E-state index in [1.165, 1.54) is 0 Å². The second-order valence-electron chi connectivity index (χ2n) is 4.81. The molecule has 4 nitrogen and oxygen atoms in total. The van der Waals surface area contributed by atoms with Crippen molar-refractivity contribution in [2.45, 2.75) is 26.8 Å². The Kier molecular flexibility index (Phi) is 7.09. The molecule has 0 saturated carbocycles. The van der Waals surface area contributed by atoms with Crippen molar-refractivity contribution in [2.75, 3.05) is 33.5 Å². The fraction of sp³-hybridized carbons (Fsp3) is 1.00. The van der Waals surface area contributed by atoms with Gasteiger partial charge in [0.1, 0.15) is 0 Å². The minimum atomic E-state index is -0.457. The molecular formula is C11H25NO3. The summed E-state index contributed by atoms with van der Waals surface area (Å²) in [5, 5.41) is 21.6. The van der Waals surface area contributed by atoms with E-state index in [-0.39, 0.29) is 19.3 Å². The molecule has 0 fully saturated rings. The van der Waals surface area contributed by atoms with Gasteiger partial charge in [-0.15, -0.1) is 0 Å². The standard InChI is InChI=1S/C11H25NO3/c1-9(2)10(5-15-4)12-6-11(3,7-13)8-14/h9-10,12-14H,5-8H2,1-4H3. The Labute approximate surface area is 92.6 Å². The van der Waals surface area contributed by atoms with Crippen molar-refractivity contribution in [1.29, 1.82) is 0 Å². The average molecular weight is 219 g/mol. The maximum atomic E-state index is 9.14. The smallest absolute Gasteiger partial charge is 0.0618 e. The first-order valence-corrected chi connectivity index (χ1v) is 5.43. The fourth-order valence-corrected chi connectivity index (χ4v) is 1.21.